The first kappa shape index (κ1) is 13.8. The van der Waals surface area contributed by atoms with Gasteiger partial charge in [0.25, 0.3) is 6.43 Å². The van der Waals surface area contributed by atoms with Gasteiger partial charge >= 0.3 is 5.97 Å². The molecule has 1 aliphatic carbocycles. The Bertz CT molecular complexity index is 470. The van der Waals surface area contributed by atoms with Crippen LogP contribution in [0.1, 0.15) is 42.7 Å². The quantitative estimate of drug-likeness (QED) is 0.859. The number of rotatable bonds is 6. The third kappa shape index (κ3) is 3.22. The van der Waals surface area contributed by atoms with E-state index in [0.717, 1.165) is 12.8 Å². The number of alkyl halides is 2. The molecule has 104 valence electrons. The summed E-state index contributed by atoms with van der Waals surface area (Å²) in [6.45, 7) is 0. The summed E-state index contributed by atoms with van der Waals surface area (Å²) in [5.41, 5.74) is 0.497. The number of aliphatic carboxylic acids is 1. The van der Waals surface area contributed by atoms with Crippen LogP contribution in [-0.4, -0.2) is 18.2 Å². The average molecular weight is 270 g/mol. The van der Waals surface area contributed by atoms with E-state index in [9.17, 15) is 13.6 Å². The highest BCUT2D eigenvalue weighted by Crippen LogP contribution is 2.47. The molecule has 5 heteroatoms. The fourth-order valence-corrected chi connectivity index (χ4v) is 2.40. The lowest BCUT2D eigenvalue weighted by atomic mass is 9.89. The molecular formula is C14H16F2O3. The van der Waals surface area contributed by atoms with Crippen LogP contribution in [-0.2, 0) is 4.79 Å². The van der Waals surface area contributed by atoms with Gasteiger partial charge in [-0.2, -0.15) is 0 Å². The number of hydrogen-bond acceptors (Lipinski definition) is 2. The molecule has 19 heavy (non-hydrogen) atoms. The molecule has 0 spiro atoms. The van der Waals surface area contributed by atoms with Crippen LogP contribution in [0.4, 0.5) is 8.78 Å². The molecule has 0 radical (unpaired) electrons. The summed E-state index contributed by atoms with van der Waals surface area (Å²) in [6.07, 6.45) is -0.720. The van der Waals surface area contributed by atoms with Gasteiger partial charge in [-0.25, -0.2) is 8.78 Å². The molecule has 1 aromatic rings. The Labute approximate surface area is 110 Å². The summed E-state index contributed by atoms with van der Waals surface area (Å²) in [4.78, 5) is 10.9. The van der Waals surface area contributed by atoms with Crippen molar-refractivity contribution in [1.29, 1.82) is 0 Å². The van der Waals surface area contributed by atoms with Crippen molar-refractivity contribution in [2.45, 2.75) is 31.6 Å². The Morgan fingerprint density at radius 1 is 1.47 bits per heavy atom. The Kier molecular flexibility index (Phi) is 4.02. The van der Waals surface area contributed by atoms with Crippen LogP contribution in [0.25, 0.3) is 0 Å². The third-order valence-corrected chi connectivity index (χ3v) is 3.49. The summed E-state index contributed by atoms with van der Waals surface area (Å²) >= 11 is 0. The summed E-state index contributed by atoms with van der Waals surface area (Å²) in [7, 11) is 1.46. The first-order chi connectivity index (χ1) is 9.02. The minimum atomic E-state index is -2.56. The molecule has 1 atom stereocenters. The normalized spacial score (nSPS) is 16.4. The minimum Gasteiger partial charge on any atom is -0.496 e. The van der Waals surface area contributed by atoms with Gasteiger partial charge in [0.15, 0.2) is 0 Å². The van der Waals surface area contributed by atoms with Crippen molar-refractivity contribution in [3.63, 3.8) is 0 Å². The summed E-state index contributed by atoms with van der Waals surface area (Å²) in [5, 5.41) is 8.97. The molecule has 1 aromatic carbocycles. The fourth-order valence-electron chi connectivity index (χ4n) is 2.40. The van der Waals surface area contributed by atoms with E-state index in [4.69, 9.17) is 9.84 Å². The summed E-state index contributed by atoms with van der Waals surface area (Å²) in [5.74, 6) is -0.409. The number of carboxylic acids is 1. The van der Waals surface area contributed by atoms with Crippen molar-refractivity contribution in [3.05, 3.63) is 29.3 Å². The van der Waals surface area contributed by atoms with E-state index in [1.807, 2.05) is 0 Å². The SMILES string of the molecule is COc1ccc(C(F)F)cc1C(CC(=O)O)C1CC1. The molecule has 0 aliphatic heterocycles. The number of ether oxygens (including phenoxy) is 1. The predicted octanol–water partition coefficient (Wildman–Crippen LogP) is 3.60. The van der Waals surface area contributed by atoms with E-state index < -0.39 is 12.4 Å². The average Bonchev–Trinajstić information content (AvgIpc) is 3.19. The van der Waals surface area contributed by atoms with Crippen LogP contribution in [0.15, 0.2) is 18.2 Å². The summed E-state index contributed by atoms with van der Waals surface area (Å²) < 4.78 is 30.7. The zero-order valence-corrected chi connectivity index (χ0v) is 10.6. The number of benzene rings is 1. The van der Waals surface area contributed by atoms with Crippen molar-refractivity contribution in [3.8, 4) is 5.75 Å². The monoisotopic (exact) mass is 270 g/mol. The second-order valence-corrected chi connectivity index (χ2v) is 4.84. The molecule has 1 unspecified atom stereocenters. The molecule has 1 aliphatic rings. The van der Waals surface area contributed by atoms with Gasteiger partial charge in [0.05, 0.1) is 13.5 Å². The molecule has 0 amide bonds. The van der Waals surface area contributed by atoms with Gasteiger partial charge in [-0.05, 0) is 42.5 Å². The molecule has 0 aromatic heterocycles. The second-order valence-electron chi connectivity index (χ2n) is 4.84. The highest BCUT2D eigenvalue weighted by Gasteiger charge is 2.35. The van der Waals surface area contributed by atoms with E-state index in [1.54, 1.807) is 0 Å². The Hall–Kier alpha value is -1.65. The zero-order chi connectivity index (χ0) is 14.0. The number of carbonyl (C=O) groups is 1. The van der Waals surface area contributed by atoms with Gasteiger partial charge in [0.1, 0.15) is 5.75 Å². The van der Waals surface area contributed by atoms with E-state index in [0.29, 0.717) is 11.3 Å². The van der Waals surface area contributed by atoms with Gasteiger partial charge in [-0.3, -0.25) is 4.79 Å². The van der Waals surface area contributed by atoms with Crippen LogP contribution in [0.3, 0.4) is 0 Å². The van der Waals surface area contributed by atoms with Crippen molar-refractivity contribution >= 4 is 5.97 Å². The smallest absolute Gasteiger partial charge is 0.303 e. The van der Waals surface area contributed by atoms with E-state index >= 15 is 0 Å². The first-order valence-corrected chi connectivity index (χ1v) is 6.20. The molecule has 1 fully saturated rings. The maximum atomic E-state index is 12.8. The van der Waals surface area contributed by atoms with Crippen LogP contribution in [0.2, 0.25) is 0 Å². The van der Waals surface area contributed by atoms with Gasteiger partial charge in [0, 0.05) is 11.5 Å². The van der Waals surface area contributed by atoms with E-state index in [-0.39, 0.29) is 23.8 Å². The number of hydrogen-bond donors (Lipinski definition) is 1. The molecule has 0 bridgehead atoms. The Morgan fingerprint density at radius 2 is 2.16 bits per heavy atom. The molecular weight excluding hydrogens is 254 g/mol. The Balaban J connectivity index is 2.37. The number of halogens is 2. The predicted molar refractivity (Wildman–Crippen MR) is 65.7 cm³/mol. The maximum absolute atomic E-state index is 12.8. The first-order valence-electron chi connectivity index (χ1n) is 6.20. The summed E-state index contributed by atoms with van der Waals surface area (Å²) in [6, 6.07) is 4.20. The van der Waals surface area contributed by atoms with Gasteiger partial charge < -0.3 is 9.84 Å². The van der Waals surface area contributed by atoms with E-state index in [2.05, 4.69) is 0 Å². The van der Waals surface area contributed by atoms with Crippen LogP contribution in [0, 0.1) is 5.92 Å². The number of carboxylic acid groups (broad SMARTS) is 1. The lowest BCUT2D eigenvalue weighted by Gasteiger charge is -2.19. The molecule has 0 heterocycles. The number of methoxy groups -OCH3 is 1. The highest BCUT2D eigenvalue weighted by atomic mass is 19.3. The van der Waals surface area contributed by atoms with E-state index in [1.165, 1.54) is 25.3 Å². The molecule has 3 nitrogen and oxygen atoms in total. The minimum absolute atomic E-state index is 0.0479. The molecule has 0 saturated heterocycles. The molecule has 2 rings (SSSR count). The Morgan fingerprint density at radius 3 is 2.63 bits per heavy atom. The second kappa shape index (κ2) is 5.55. The van der Waals surface area contributed by atoms with Gasteiger partial charge in [0.2, 0.25) is 0 Å². The lowest BCUT2D eigenvalue weighted by Crippen LogP contribution is -2.10. The largest absolute Gasteiger partial charge is 0.496 e. The zero-order valence-electron chi connectivity index (χ0n) is 10.6. The molecule has 1 saturated carbocycles. The topological polar surface area (TPSA) is 46.5 Å². The van der Waals surface area contributed by atoms with Crippen LogP contribution in [0.5, 0.6) is 5.75 Å². The van der Waals surface area contributed by atoms with Gasteiger partial charge in [-0.15, -0.1) is 0 Å². The van der Waals surface area contributed by atoms with Crippen molar-refractivity contribution < 1.29 is 23.4 Å². The third-order valence-electron chi connectivity index (χ3n) is 3.49. The van der Waals surface area contributed by atoms with Gasteiger partial charge in [-0.1, -0.05) is 0 Å². The standard InChI is InChI=1S/C14H16F2O3/c1-19-12-5-4-9(14(15)16)6-11(12)10(7-13(17)18)8-2-3-8/h4-6,8,10,14H,2-3,7H2,1H3,(H,17,18). The van der Waals surface area contributed by atoms with Crippen LogP contribution >= 0.6 is 0 Å². The molecule has 1 N–H and O–H groups in total. The maximum Gasteiger partial charge on any atom is 0.303 e. The van der Waals surface area contributed by atoms with Crippen LogP contribution < -0.4 is 4.74 Å². The highest BCUT2D eigenvalue weighted by molar-refractivity contribution is 5.68. The van der Waals surface area contributed by atoms with Crippen molar-refractivity contribution in [2.75, 3.05) is 7.11 Å². The van der Waals surface area contributed by atoms with Crippen molar-refractivity contribution in [2.24, 2.45) is 5.92 Å². The fraction of sp³-hybridized carbons (Fsp3) is 0.500. The van der Waals surface area contributed by atoms with Crippen molar-refractivity contribution in [1.82, 2.24) is 0 Å². The lowest BCUT2D eigenvalue weighted by molar-refractivity contribution is -0.137.